The van der Waals surface area contributed by atoms with Gasteiger partial charge < -0.3 is 67.6 Å². The van der Waals surface area contributed by atoms with E-state index >= 15 is 4.21 Å². The number of ketones is 2. The van der Waals surface area contributed by atoms with Gasteiger partial charge in [-0.05, 0) is 63.3 Å². The second kappa shape index (κ2) is 29.4. The van der Waals surface area contributed by atoms with Crippen molar-refractivity contribution < 1.29 is 67.4 Å². The van der Waals surface area contributed by atoms with E-state index in [0.29, 0.717) is 42.1 Å². The summed E-state index contributed by atoms with van der Waals surface area (Å²) >= 11 is 0. The van der Waals surface area contributed by atoms with E-state index in [0.717, 1.165) is 23.6 Å². The molecule has 4 heterocycles. The summed E-state index contributed by atoms with van der Waals surface area (Å²) < 4.78 is 21.3. The lowest BCUT2D eigenvalue weighted by Gasteiger charge is -2.32. The first-order valence-corrected chi connectivity index (χ1v) is 30.2. The summed E-state index contributed by atoms with van der Waals surface area (Å²) in [6, 6.07) is -0.624. The molecule has 0 radical (unpaired) electrons. The van der Waals surface area contributed by atoms with E-state index in [-0.39, 0.29) is 28.2 Å². The van der Waals surface area contributed by atoms with Gasteiger partial charge in [0.1, 0.15) is 22.9 Å². The molecule has 1 aromatic heterocycles. The second-order valence-electron chi connectivity index (χ2n) is 21.5. The maximum Gasteiger partial charge on any atom is 0.243 e. The van der Waals surface area contributed by atoms with Crippen LogP contribution >= 0.6 is 21.6 Å². The molecule has 0 spiro atoms. The Morgan fingerprint density at radius 3 is 2.29 bits per heavy atom. The van der Waals surface area contributed by atoms with Crippen molar-refractivity contribution in [1.29, 1.82) is 0 Å². The SMILES string of the molecule is CC[C@H](C)[C@@H]1NC(=O)CNC(=O)[C@H]2CC(=O)[C@H]([C@@H](C)[C@@H](O)CO)NC(=O)[C@@H]3CC(O)CN3C(=O)[C@H](CC(N)=O)CC(=O)C(C[S@@](=O)c3[nH]c4cc(OCCCSSC(C)(C)CCNC(C)C)ccc4c3C2)NC(=O)CNC1=O. The largest absolute Gasteiger partial charge is 0.493 e. The Morgan fingerprint density at radius 2 is 1.63 bits per heavy atom. The number of amides is 7. The van der Waals surface area contributed by atoms with E-state index in [9.17, 15) is 58.5 Å². The predicted octanol–water partition coefficient (Wildman–Crippen LogP) is -0.128. The Balaban J connectivity index is 1.63. The Hall–Kier alpha value is -5.12. The summed E-state index contributed by atoms with van der Waals surface area (Å²) in [5.74, 6) is -12.2. The van der Waals surface area contributed by atoms with Gasteiger partial charge in [0.25, 0.3) is 0 Å². The van der Waals surface area contributed by atoms with Crippen LogP contribution in [0.25, 0.3) is 10.9 Å². The Morgan fingerprint density at radius 1 is 0.936 bits per heavy atom. The standard InChI is InChI=1S/C52H79N9O14S3/c1-8-28(4)45-49(72)56-22-43(68)57-37-26-78(74)50-35(34-11-10-33(21-36(34)58-50)75-14-9-15-76-77-52(6,7)12-13-54-27(2)3)16-30(47(70)55-23-44(69)59-45)17-40(65)46(29(5)41(66)25-62)60-48(71)38-20-32(63)24-61(38)51(73)31(18-39(37)64)19-42(53)67/h10-11,21,27-32,37-38,41,45-46,54,58,62-63,66H,8-9,12-20,22-26H2,1-7H3,(H2,53,67)(H,55,70)(H,56,72)(H,57,68)(H,59,69)(H,60,71)/t28-,29-,30+,31-,32?,37?,38-,41-,45-,46-,78+/m0/s1. The molecule has 78 heavy (non-hydrogen) atoms. The number of carbonyl (C=O) groups is 9. The Kier molecular flexibility index (Phi) is 24.0. The lowest BCUT2D eigenvalue weighted by Crippen LogP contribution is -2.56. The van der Waals surface area contributed by atoms with Crippen LogP contribution in [0.5, 0.6) is 5.75 Å². The van der Waals surface area contributed by atoms with E-state index in [1.165, 1.54) is 6.92 Å². The molecule has 7 amide bonds. The minimum atomic E-state index is -2.30. The number of aliphatic hydroxyl groups is 3. The van der Waals surface area contributed by atoms with Crippen LogP contribution in [0, 0.1) is 23.7 Å². The molecule has 3 aliphatic rings. The molecule has 1 aromatic carbocycles. The Labute approximate surface area is 465 Å². The number of nitrogens with one attached hydrogen (secondary N) is 7. The number of aromatic nitrogens is 1. The van der Waals surface area contributed by atoms with E-state index in [1.807, 2.05) is 10.8 Å². The van der Waals surface area contributed by atoms with Crippen molar-refractivity contribution in [2.75, 3.05) is 50.9 Å². The third kappa shape index (κ3) is 17.9. The maximum absolute atomic E-state index is 15.1. The topological polar surface area (TPSA) is 358 Å². The summed E-state index contributed by atoms with van der Waals surface area (Å²) in [5.41, 5.74) is 6.22. The van der Waals surface area contributed by atoms with Gasteiger partial charge in [-0.25, -0.2) is 0 Å². The minimum absolute atomic E-state index is 0.0312. The number of rotatable bonds is 18. The predicted molar refractivity (Wildman–Crippen MR) is 295 cm³/mol. The smallest absolute Gasteiger partial charge is 0.243 e. The number of hydrogen-bond acceptors (Lipinski definition) is 17. The van der Waals surface area contributed by atoms with E-state index in [4.69, 9.17) is 10.5 Å². The third-order valence-corrected chi connectivity index (χ3v) is 19.2. The first kappa shape index (κ1) is 63.7. The molecule has 2 aromatic rings. The van der Waals surface area contributed by atoms with E-state index < -0.39 is 175 Å². The van der Waals surface area contributed by atoms with Gasteiger partial charge in [-0.1, -0.05) is 62.6 Å². The van der Waals surface area contributed by atoms with Gasteiger partial charge in [0.15, 0.2) is 11.6 Å². The molecular weight excluding hydrogens is 1070 g/mol. The zero-order valence-corrected chi connectivity index (χ0v) is 47.9. The number of aromatic amines is 1. The van der Waals surface area contributed by atoms with Crippen LogP contribution in [0.4, 0.5) is 0 Å². The number of ether oxygens (including phenoxy) is 1. The zero-order chi connectivity index (χ0) is 57.6. The zero-order valence-electron chi connectivity index (χ0n) is 45.5. The average molecular weight is 1150 g/mol. The number of carbonyl (C=O) groups excluding carboxylic acids is 9. The normalized spacial score (nSPS) is 26.0. The van der Waals surface area contributed by atoms with Gasteiger partial charge in [-0.2, -0.15) is 0 Å². The number of aliphatic hydroxyl groups excluding tert-OH is 3. The van der Waals surface area contributed by atoms with Gasteiger partial charge >= 0.3 is 0 Å². The molecule has 0 saturated carbocycles. The van der Waals surface area contributed by atoms with Crippen molar-refractivity contribution in [2.24, 2.45) is 29.4 Å². The minimum Gasteiger partial charge on any atom is -0.493 e. The molecule has 1 saturated heterocycles. The van der Waals surface area contributed by atoms with Crippen LogP contribution in [0.15, 0.2) is 23.2 Å². The summed E-state index contributed by atoms with van der Waals surface area (Å²) in [6.07, 6.45) is -3.77. The number of nitrogens with two attached hydrogens (primary N) is 1. The highest BCUT2D eigenvalue weighted by Gasteiger charge is 2.45. The van der Waals surface area contributed by atoms with E-state index in [2.05, 4.69) is 64.6 Å². The van der Waals surface area contributed by atoms with Crippen LogP contribution in [-0.4, -0.2) is 180 Å². The lowest BCUT2D eigenvalue weighted by atomic mass is 9.85. The molecule has 434 valence electrons. The molecule has 26 heteroatoms. The molecule has 1 fully saturated rings. The fourth-order valence-electron chi connectivity index (χ4n) is 9.55. The highest BCUT2D eigenvalue weighted by molar-refractivity contribution is 8.77. The fourth-order valence-corrected chi connectivity index (χ4v) is 13.6. The summed E-state index contributed by atoms with van der Waals surface area (Å²) in [5, 5.41) is 48.4. The van der Waals surface area contributed by atoms with Gasteiger partial charge in [-0.15, -0.1) is 0 Å². The monoisotopic (exact) mass is 1150 g/mol. The van der Waals surface area contributed by atoms with Crippen LogP contribution < -0.4 is 42.4 Å². The number of Topliss-reactive ketones (excluding diaryl/α,β-unsaturated/α-hetero) is 2. The molecule has 2 unspecified atom stereocenters. The number of H-pyrrole nitrogens is 1. The van der Waals surface area contributed by atoms with Crippen molar-refractivity contribution in [3.8, 4) is 5.75 Å². The van der Waals surface area contributed by atoms with Crippen LogP contribution in [0.2, 0.25) is 0 Å². The molecule has 2 bridgehead atoms. The van der Waals surface area contributed by atoms with Gasteiger partial charge in [0, 0.05) is 72.1 Å². The van der Waals surface area contributed by atoms with Crippen molar-refractivity contribution in [2.45, 2.75) is 152 Å². The highest BCUT2D eigenvalue weighted by atomic mass is 33.1. The summed E-state index contributed by atoms with van der Waals surface area (Å²) in [4.78, 5) is 131. The quantitative estimate of drug-likeness (QED) is 0.0684. The maximum atomic E-state index is 15.1. The molecule has 0 aliphatic carbocycles. The first-order valence-electron chi connectivity index (χ1n) is 26.6. The molecular formula is C52H79N9O14S3. The number of benzene rings is 1. The van der Waals surface area contributed by atoms with E-state index in [1.54, 1.807) is 42.8 Å². The van der Waals surface area contributed by atoms with Crippen molar-refractivity contribution in [3.05, 3.63) is 23.8 Å². The van der Waals surface area contributed by atoms with Crippen LogP contribution in [-0.2, 0) is 60.4 Å². The first-order chi connectivity index (χ1) is 36.8. The van der Waals surface area contributed by atoms with Crippen LogP contribution in [0.3, 0.4) is 0 Å². The Bertz CT molecular complexity index is 2530. The number of hydrogen-bond donors (Lipinski definition) is 11. The highest BCUT2D eigenvalue weighted by Crippen LogP contribution is 2.38. The molecule has 12 N–H and O–H groups in total. The molecule has 23 nitrogen and oxygen atoms in total. The number of nitrogens with zero attached hydrogens (tertiary/aromatic N) is 1. The van der Waals surface area contributed by atoms with Gasteiger partial charge in [-0.3, -0.25) is 47.4 Å². The van der Waals surface area contributed by atoms with Crippen molar-refractivity contribution in [3.63, 3.8) is 0 Å². The third-order valence-electron chi connectivity index (χ3n) is 14.3. The van der Waals surface area contributed by atoms with Gasteiger partial charge in [0.05, 0.1) is 78.6 Å². The van der Waals surface area contributed by atoms with Crippen molar-refractivity contribution >= 4 is 96.2 Å². The van der Waals surface area contributed by atoms with Crippen LogP contribution in [0.1, 0.15) is 99.0 Å². The summed E-state index contributed by atoms with van der Waals surface area (Å²) in [6.45, 7) is 12.0. The van der Waals surface area contributed by atoms with Gasteiger partial charge in [0.2, 0.25) is 41.4 Å². The lowest BCUT2D eigenvalue weighted by molar-refractivity contribution is -0.145. The summed E-state index contributed by atoms with van der Waals surface area (Å²) in [7, 11) is 1.26. The number of fused-ring (bicyclic) bond motifs is 5. The fraction of sp³-hybridized carbons (Fsp3) is 0.673. The molecule has 5 rings (SSSR count). The van der Waals surface area contributed by atoms with Crippen molar-refractivity contribution in [1.82, 2.24) is 41.8 Å². The molecule has 11 atom stereocenters. The molecule has 3 aliphatic heterocycles. The second-order valence-corrected chi connectivity index (χ2v) is 26.0. The number of primary amides is 1. The average Bonchev–Trinajstić information content (AvgIpc) is 3.98.